The van der Waals surface area contributed by atoms with Crippen LogP contribution in [0.2, 0.25) is 0 Å². The summed E-state index contributed by atoms with van der Waals surface area (Å²) in [7, 11) is 0. The summed E-state index contributed by atoms with van der Waals surface area (Å²) < 4.78 is 0.605. The molecule has 0 aliphatic heterocycles. The summed E-state index contributed by atoms with van der Waals surface area (Å²) in [5.74, 6) is 0. The summed E-state index contributed by atoms with van der Waals surface area (Å²) in [5, 5.41) is 19.8. The third-order valence-electron chi connectivity index (χ3n) is 1.62. The van der Waals surface area contributed by atoms with Gasteiger partial charge in [0.1, 0.15) is 6.07 Å². The van der Waals surface area contributed by atoms with Crippen molar-refractivity contribution >= 4 is 44.2 Å². The SMILES string of the molecule is N#Cc1c(I)cc([N+](=O)[O-])cc1CBr. The van der Waals surface area contributed by atoms with Gasteiger partial charge in [-0.3, -0.25) is 10.1 Å². The van der Waals surface area contributed by atoms with E-state index in [1.807, 2.05) is 28.7 Å². The maximum Gasteiger partial charge on any atom is 0.270 e. The number of hydrogen-bond acceptors (Lipinski definition) is 3. The molecule has 0 aromatic heterocycles. The first kappa shape index (κ1) is 11.4. The number of nitrogens with zero attached hydrogens (tertiary/aromatic N) is 2. The van der Waals surface area contributed by atoms with Crippen LogP contribution in [0.3, 0.4) is 0 Å². The minimum atomic E-state index is -0.463. The molecule has 0 fully saturated rings. The molecule has 0 unspecified atom stereocenters. The van der Waals surface area contributed by atoms with Crippen molar-refractivity contribution < 1.29 is 4.92 Å². The predicted octanol–water partition coefficient (Wildman–Crippen LogP) is 2.97. The van der Waals surface area contributed by atoms with E-state index in [4.69, 9.17) is 5.26 Å². The van der Waals surface area contributed by atoms with Crippen molar-refractivity contribution in [3.63, 3.8) is 0 Å². The molecule has 0 radical (unpaired) electrons. The van der Waals surface area contributed by atoms with Gasteiger partial charge in [-0.05, 0) is 28.2 Å². The third-order valence-corrected chi connectivity index (χ3v) is 3.08. The number of nitriles is 1. The first-order chi connectivity index (χ1) is 6.60. The highest BCUT2D eigenvalue weighted by Crippen LogP contribution is 2.25. The van der Waals surface area contributed by atoms with Gasteiger partial charge in [0.25, 0.3) is 5.69 Å². The van der Waals surface area contributed by atoms with E-state index < -0.39 is 4.92 Å². The molecule has 0 aliphatic rings. The summed E-state index contributed by atoms with van der Waals surface area (Å²) >= 11 is 5.11. The van der Waals surface area contributed by atoms with Crippen LogP contribution in [0, 0.1) is 25.0 Å². The molecule has 1 aromatic rings. The van der Waals surface area contributed by atoms with Crippen LogP contribution < -0.4 is 0 Å². The van der Waals surface area contributed by atoms with Gasteiger partial charge in [0, 0.05) is 21.0 Å². The summed E-state index contributed by atoms with van der Waals surface area (Å²) in [6.45, 7) is 0. The van der Waals surface area contributed by atoms with Crippen molar-refractivity contribution in [1.82, 2.24) is 0 Å². The lowest BCUT2D eigenvalue weighted by molar-refractivity contribution is -0.385. The molecule has 1 aromatic carbocycles. The summed E-state index contributed by atoms with van der Waals surface area (Å²) in [6, 6.07) is 4.83. The average molecular weight is 367 g/mol. The van der Waals surface area contributed by atoms with Gasteiger partial charge in [-0.25, -0.2) is 0 Å². The number of benzene rings is 1. The monoisotopic (exact) mass is 366 g/mol. The largest absolute Gasteiger partial charge is 0.270 e. The van der Waals surface area contributed by atoms with Crippen molar-refractivity contribution in [2.45, 2.75) is 5.33 Å². The Balaban J connectivity index is 3.40. The van der Waals surface area contributed by atoms with Crippen LogP contribution in [-0.4, -0.2) is 4.92 Å². The van der Waals surface area contributed by atoms with Gasteiger partial charge in [0.15, 0.2) is 0 Å². The molecule has 0 saturated carbocycles. The zero-order valence-corrected chi connectivity index (χ0v) is 10.6. The zero-order valence-electron chi connectivity index (χ0n) is 6.83. The Bertz CT molecular complexity index is 428. The van der Waals surface area contributed by atoms with Crippen LogP contribution in [-0.2, 0) is 5.33 Å². The molecule has 0 spiro atoms. The Hall–Kier alpha value is -0.680. The van der Waals surface area contributed by atoms with Gasteiger partial charge < -0.3 is 0 Å². The van der Waals surface area contributed by atoms with E-state index in [1.54, 1.807) is 0 Å². The Morgan fingerprint density at radius 3 is 2.71 bits per heavy atom. The van der Waals surface area contributed by atoms with Gasteiger partial charge in [-0.2, -0.15) is 5.26 Å². The van der Waals surface area contributed by atoms with E-state index in [0.29, 0.717) is 20.0 Å². The van der Waals surface area contributed by atoms with Gasteiger partial charge in [-0.1, -0.05) is 15.9 Å². The van der Waals surface area contributed by atoms with E-state index in [0.717, 1.165) is 0 Å². The molecule has 0 N–H and O–H groups in total. The summed E-state index contributed by atoms with van der Waals surface area (Å²) in [6.07, 6.45) is 0. The number of nitro groups is 1. The standard InChI is InChI=1S/C8H4BrIN2O2/c9-3-5-1-6(12(13)14)2-8(10)7(5)4-11/h1-2H,3H2. The Kier molecular flexibility index (Phi) is 3.83. The maximum atomic E-state index is 10.5. The van der Waals surface area contributed by atoms with Crippen LogP contribution in [0.5, 0.6) is 0 Å². The highest BCUT2D eigenvalue weighted by Gasteiger charge is 2.13. The Labute approximate surface area is 102 Å². The first-order valence-electron chi connectivity index (χ1n) is 3.53. The van der Waals surface area contributed by atoms with Gasteiger partial charge in [-0.15, -0.1) is 0 Å². The minimum absolute atomic E-state index is 0.0165. The molecular weight excluding hydrogens is 363 g/mol. The quantitative estimate of drug-likeness (QED) is 0.350. The van der Waals surface area contributed by atoms with Crippen molar-refractivity contribution in [3.05, 3.63) is 36.9 Å². The van der Waals surface area contributed by atoms with Crippen LogP contribution >= 0.6 is 38.5 Å². The van der Waals surface area contributed by atoms with E-state index in [2.05, 4.69) is 15.9 Å². The number of non-ortho nitro benzene ring substituents is 1. The van der Waals surface area contributed by atoms with E-state index in [9.17, 15) is 10.1 Å². The number of hydrogen-bond donors (Lipinski definition) is 0. The highest BCUT2D eigenvalue weighted by atomic mass is 127. The average Bonchev–Trinajstić information content (AvgIpc) is 2.16. The normalized spacial score (nSPS) is 9.50. The number of halogens is 2. The second-order valence-electron chi connectivity index (χ2n) is 2.46. The molecule has 0 amide bonds. The van der Waals surface area contributed by atoms with Crippen molar-refractivity contribution in [3.8, 4) is 6.07 Å². The van der Waals surface area contributed by atoms with Gasteiger partial charge >= 0.3 is 0 Å². The molecule has 72 valence electrons. The molecular formula is C8H4BrIN2O2. The van der Waals surface area contributed by atoms with E-state index >= 15 is 0 Å². The minimum Gasteiger partial charge on any atom is -0.258 e. The number of alkyl halides is 1. The lowest BCUT2D eigenvalue weighted by atomic mass is 10.1. The lowest BCUT2D eigenvalue weighted by Gasteiger charge is -2.01. The van der Waals surface area contributed by atoms with Crippen LogP contribution in [0.4, 0.5) is 5.69 Å². The molecule has 1 rings (SSSR count). The van der Waals surface area contributed by atoms with Gasteiger partial charge in [0.05, 0.1) is 10.5 Å². The van der Waals surface area contributed by atoms with Crippen molar-refractivity contribution in [1.29, 1.82) is 5.26 Å². The Morgan fingerprint density at radius 2 is 2.29 bits per heavy atom. The maximum absolute atomic E-state index is 10.5. The number of nitro benzene ring substituents is 1. The lowest BCUT2D eigenvalue weighted by Crippen LogP contribution is -1.95. The van der Waals surface area contributed by atoms with E-state index in [-0.39, 0.29) is 5.69 Å². The summed E-state index contributed by atoms with van der Waals surface area (Å²) in [4.78, 5) is 10.1. The molecule has 0 heterocycles. The molecule has 0 atom stereocenters. The Morgan fingerprint density at radius 1 is 1.64 bits per heavy atom. The van der Waals surface area contributed by atoms with Crippen molar-refractivity contribution in [2.75, 3.05) is 0 Å². The predicted molar refractivity (Wildman–Crippen MR) is 63.2 cm³/mol. The second kappa shape index (κ2) is 4.70. The van der Waals surface area contributed by atoms with Crippen LogP contribution in [0.25, 0.3) is 0 Å². The molecule has 0 aliphatic carbocycles. The van der Waals surface area contributed by atoms with E-state index in [1.165, 1.54) is 12.1 Å². The fourth-order valence-electron chi connectivity index (χ4n) is 0.984. The van der Waals surface area contributed by atoms with Crippen LogP contribution in [0.15, 0.2) is 12.1 Å². The topological polar surface area (TPSA) is 66.9 Å². The molecule has 0 bridgehead atoms. The molecule has 6 heteroatoms. The fraction of sp³-hybridized carbons (Fsp3) is 0.125. The highest BCUT2D eigenvalue weighted by molar-refractivity contribution is 14.1. The summed E-state index contributed by atoms with van der Waals surface area (Å²) in [5.41, 5.74) is 1.15. The van der Waals surface area contributed by atoms with Gasteiger partial charge in [0.2, 0.25) is 0 Å². The second-order valence-corrected chi connectivity index (χ2v) is 4.19. The fourth-order valence-corrected chi connectivity index (χ4v) is 2.21. The molecule has 4 nitrogen and oxygen atoms in total. The smallest absolute Gasteiger partial charge is 0.258 e. The zero-order chi connectivity index (χ0) is 10.7. The molecule has 0 saturated heterocycles. The third kappa shape index (κ3) is 2.22. The van der Waals surface area contributed by atoms with Crippen molar-refractivity contribution in [2.24, 2.45) is 0 Å². The number of rotatable bonds is 2. The first-order valence-corrected chi connectivity index (χ1v) is 5.73. The van der Waals surface area contributed by atoms with Crippen LogP contribution in [0.1, 0.15) is 11.1 Å². The molecule has 14 heavy (non-hydrogen) atoms.